The monoisotopic (exact) mass is 404 g/mol. The van der Waals surface area contributed by atoms with Gasteiger partial charge < -0.3 is 9.62 Å². The van der Waals surface area contributed by atoms with Crippen LogP contribution < -0.4 is 5.43 Å². The summed E-state index contributed by atoms with van der Waals surface area (Å²) < 4.78 is 19.3. The highest BCUT2D eigenvalue weighted by molar-refractivity contribution is 6.06. The Labute approximate surface area is 170 Å². The lowest BCUT2D eigenvalue weighted by Crippen LogP contribution is -2.08. The number of aromatic nitrogens is 2. The Morgan fingerprint density at radius 3 is 2.63 bits per heavy atom. The van der Waals surface area contributed by atoms with Gasteiger partial charge in [-0.05, 0) is 62.4 Å². The molecular formula is C23H17FN2O4. The third-order valence-corrected chi connectivity index (χ3v) is 4.73. The van der Waals surface area contributed by atoms with Gasteiger partial charge in [-0.3, -0.25) is 9.59 Å². The minimum absolute atomic E-state index is 0.0494. The van der Waals surface area contributed by atoms with Gasteiger partial charge in [0.05, 0.1) is 16.6 Å². The molecule has 2 aromatic carbocycles. The first-order valence-electron chi connectivity index (χ1n) is 9.14. The minimum Gasteiger partial charge on any atom is -0.463 e. The van der Waals surface area contributed by atoms with Crippen LogP contribution in [0.25, 0.3) is 28.4 Å². The molecule has 7 heteroatoms. The molecule has 0 aliphatic heterocycles. The molecule has 0 fully saturated rings. The zero-order chi connectivity index (χ0) is 21.4. The Hall–Kier alpha value is -4.00. The maximum absolute atomic E-state index is 13.1. The van der Waals surface area contributed by atoms with Crippen molar-refractivity contribution >= 4 is 22.8 Å². The van der Waals surface area contributed by atoms with E-state index in [2.05, 4.69) is 4.98 Å². The molecule has 0 aliphatic rings. The van der Waals surface area contributed by atoms with E-state index in [4.69, 9.17) is 4.42 Å². The van der Waals surface area contributed by atoms with Crippen LogP contribution in [0, 0.1) is 19.7 Å². The van der Waals surface area contributed by atoms with Crippen LogP contribution in [0.2, 0.25) is 0 Å². The van der Waals surface area contributed by atoms with Crippen molar-refractivity contribution in [3.63, 3.8) is 0 Å². The van der Waals surface area contributed by atoms with E-state index >= 15 is 0 Å². The van der Waals surface area contributed by atoms with Gasteiger partial charge in [-0.1, -0.05) is 11.6 Å². The Morgan fingerprint density at radius 1 is 1.17 bits per heavy atom. The number of allylic oxidation sites excluding steroid dienone is 1. The average molecular weight is 404 g/mol. The first-order valence-corrected chi connectivity index (χ1v) is 9.14. The van der Waals surface area contributed by atoms with Crippen LogP contribution in [0.4, 0.5) is 4.39 Å². The quantitative estimate of drug-likeness (QED) is 0.306. The number of nitrogens with zero attached hydrogens (tertiary/aromatic N) is 2. The maximum atomic E-state index is 13.1. The van der Waals surface area contributed by atoms with Gasteiger partial charge in [0.1, 0.15) is 17.7 Å². The third-order valence-electron chi connectivity index (χ3n) is 4.73. The molecule has 0 saturated heterocycles. The predicted molar refractivity (Wildman–Crippen MR) is 110 cm³/mol. The number of hydrogen-bond donors (Lipinski definition) is 1. The topological polar surface area (TPSA) is 85.3 Å². The van der Waals surface area contributed by atoms with Crippen LogP contribution in [0.1, 0.15) is 27.3 Å². The van der Waals surface area contributed by atoms with Crippen molar-refractivity contribution in [2.75, 3.05) is 0 Å². The van der Waals surface area contributed by atoms with E-state index in [1.807, 2.05) is 13.0 Å². The fourth-order valence-corrected chi connectivity index (χ4v) is 3.21. The Morgan fingerprint density at radius 2 is 1.90 bits per heavy atom. The molecule has 0 radical (unpaired) electrons. The molecule has 0 aliphatic carbocycles. The van der Waals surface area contributed by atoms with Crippen molar-refractivity contribution in [3.05, 3.63) is 93.4 Å². The van der Waals surface area contributed by atoms with Crippen molar-refractivity contribution in [2.24, 2.45) is 0 Å². The average Bonchev–Trinajstić information content (AvgIpc) is 3.02. The molecule has 0 bridgehead atoms. The molecule has 150 valence electrons. The molecule has 0 spiro atoms. The number of carbonyl (C=O) groups is 1. The van der Waals surface area contributed by atoms with Gasteiger partial charge in [0.25, 0.3) is 0 Å². The van der Waals surface area contributed by atoms with E-state index in [9.17, 15) is 19.2 Å². The number of aryl methyl sites for hydroxylation is 2. The maximum Gasteiger partial charge on any atom is 0.207 e. The van der Waals surface area contributed by atoms with E-state index in [-0.39, 0.29) is 22.5 Å². The zero-order valence-electron chi connectivity index (χ0n) is 16.2. The Kier molecular flexibility index (Phi) is 4.79. The van der Waals surface area contributed by atoms with Gasteiger partial charge in [0.15, 0.2) is 16.9 Å². The SMILES string of the molecule is Cc1ccc2occ(/C=C/C(=O)c3c(C)nc(-c4ccc(F)cc4)n3O)c(=O)c2c1. The molecule has 0 unspecified atom stereocenters. The molecule has 2 aromatic heterocycles. The smallest absolute Gasteiger partial charge is 0.207 e. The largest absolute Gasteiger partial charge is 0.463 e. The Balaban J connectivity index is 1.69. The normalized spacial score (nSPS) is 11.4. The van der Waals surface area contributed by atoms with Crippen molar-refractivity contribution in [1.29, 1.82) is 0 Å². The highest BCUT2D eigenvalue weighted by Crippen LogP contribution is 2.22. The fraction of sp³-hybridized carbons (Fsp3) is 0.0870. The number of halogens is 1. The molecular weight excluding hydrogens is 387 g/mol. The van der Waals surface area contributed by atoms with Crippen LogP contribution in [-0.2, 0) is 0 Å². The van der Waals surface area contributed by atoms with Crippen LogP contribution in [0.5, 0.6) is 0 Å². The zero-order valence-corrected chi connectivity index (χ0v) is 16.2. The summed E-state index contributed by atoms with van der Waals surface area (Å²) in [7, 11) is 0. The van der Waals surface area contributed by atoms with Crippen molar-refractivity contribution < 1.29 is 18.8 Å². The van der Waals surface area contributed by atoms with Gasteiger partial charge in [0.2, 0.25) is 5.78 Å². The van der Waals surface area contributed by atoms with Gasteiger partial charge in [0, 0.05) is 5.56 Å². The van der Waals surface area contributed by atoms with E-state index in [0.717, 1.165) is 5.56 Å². The molecule has 4 aromatic rings. The number of hydrogen-bond acceptors (Lipinski definition) is 5. The minimum atomic E-state index is -0.542. The van der Waals surface area contributed by atoms with E-state index in [1.54, 1.807) is 19.1 Å². The van der Waals surface area contributed by atoms with Gasteiger partial charge in [-0.15, -0.1) is 0 Å². The molecule has 0 amide bonds. The highest BCUT2D eigenvalue weighted by atomic mass is 19.1. The number of carbonyl (C=O) groups excluding carboxylic acids is 1. The first kappa shape index (κ1) is 19.3. The summed E-state index contributed by atoms with van der Waals surface area (Å²) in [6.45, 7) is 3.45. The first-order chi connectivity index (χ1) is 14.3. The highest BCUT2D eigenvalue weighted by Gasteiger charge is 2.20. The summed E-state index contributed by atoms with van der Waals surface area (Å²) in [4.78, 5) is 29.6. The lowest BCUT2D eigenvalue weighted by molar-refractivity contribution is 0.0995. The molecule has 0 atom stereocenters. The molecule has 6 nitrogen and oxygen atoms in total. The molecule has 4 rings (SSSR count). The summed E-state index contributed by atoms with van der Waals surface area (Å²) in [6, 6.07) is 10.7. The second-order valence-corrected chi connectivity index (χ2v) is 6.91. The summed E-state index contributed by atoms with van der Waals surface area (Å²) in [6.07, 6.45) is 3.82. The number of imidazole rings is 1. The number of fused-ring (bicyclic) bond motifs is 1. The number of ketones is 1. The third kappa shape index (κ3) is 3.41. The lowest BCUT2D eigenvalue weighted by Gasteiger charge is -2.03. The summed E-state index contributed by atoms with van der Waals surface area (Å²) in [5.41, 5.74) is 2.03. The van der Waals surface area contributed by atoms with Crippen LogP contribution in [0.3, 0.4) is 0 Å². The lowest BCUT2D eigenvalue weighted by atomic mass is 10.1. The van der Waals surface area contributed by atoms with E-state index in [1.165, 1.54) is 42.7 Å². The second-order valence-electron chi connectivity index (χ2n) is 6.91. The Bertz CT molecular complexity index is 1360. The molecule has 2 heterocycles. The number of benzene rings is 2. The van der Waals surface area contributed by atoms with Crippen molar-refractivity contribution in [3.8, 4) is 11.4 Å². The molecule has 0 saturated carbocycles. The predicted octanol–water partition coefficient (Wildman–Crippen LogP) is 4.55. The van der Waals surface area contributed by atoms with Crippen LogP contribution >= 0.6 is 0 Å². The summed E-state index contributed by atoms with van der Waals surface area (Å²) in [5, 5.41) is 10.9. The second kappa shape index (κ2) is 7.44. The van der Waals surface area contributed by atoms with Crippen LogP contribution in [-0.4, -0.2) is 20.7 Å². The van der Waals surface area contributed by atoms with Crippen molar-refractivity contribution in [2.45, 2.75) is 13.8 Å². The van der Waals surface area contributed by atoms with Gasteiger partial charge in [-0.2, -0.15) is 4.73 Å². The van der Waals surface area contributed by atoms with Gasteiger partial charge >= 0.3 is 0 Å². The number of rotatable bonds is 4. The summed E-state index contributed by atoms with van der Waals surface area (Å²) in [5.74, 6) is -0.847. The molecule has 1 N–H and O–H groups in total. The standard InChI is InChI=1S/C23H17FN2O4/c1-13-3-10-20-18(11-13)22(28)16(12-30-20)6-9-19(27)21-14(2)25-23(26(21)29)15-4-7-17(24)8-5-15/h3-12,29H,1-2H3/b9-6+. The van der Waals surface area contributed by atoms with E-state index in [0.29, 0.717) is 27.0 Å². The summed E-state index contributed by atoms with van der Waals surface area (Å²) >= 11 is 0. The van der Waals surface area contributed by atoms with E-state index < -0.39 is 11.6 Å². The van der Waals surface area contributed by atoms with Crippen molar-refractivity contribution in [1.82, 2.24) is 9.71 Å². The fourth-order valence-electron chi connectivity index (χ4n) is 3.21. The van der Waals surface area contributed by atoms with Gasteiger partial charge in [-0.25, -0.2) is 9.37 Å². The molecule has 30 heavy (non-hydrogen) atoms. The van der Waals surface area contributed by atoms with Crippen LogP contribution in [0.15, 0.2) is 64.0 Å².